The van der Waals surface area contributed by atoms with Gasteiger partial charge in [-0.1, -0.05) is 96.9 Å². The van der Waals surface area contributed by atoms with Gasteiger partial charge in [0.15, 0.2) is 0 Å². The molecule has 162 valence electrons. The molecule has 0 fully saturated rings. The summed E-state index contributed by atoms with van der Waals surface area (Å²) < 4.78 is 0. The number of carboxylic acid groups (broad SMARTS) is 1. The van der Waals surface area contributed by atoms with Crippen molar-refractivity contribution in [2.75, 3.05) is 13.1 Å². The summed E-state index contributed by atoms with van der Waals surface area (Å²) in [6, 6.07) is 28.6. The van der Waals surface area contributed by atoms with Crippen LogP contribution in [0.3, 0.4) is 0 Å². The van der Waals surface area contributed by atoms with Crippen molar-refractivity contribution in [3.05, 3.63) is 107 Å². The van der Waals surface area contributed by atoms with Crippen molar-refractivity contribution in [2.45, 2.75) is 37.6 Å². The second-order valence-electron chi connectivity index (χ2n) is 8.06. The van der Waals surface area contributed by atoms with E-state index in [9.17, 15) is 9.90 Å². The number of unbranched alkanes of at least 4 members (excludes halogenated alkanes) is 1. The van der Waals surface area contributed by atoms with E-state index in [4.69, 9.17) is 5.73 Å². The molecule has 3 rings (SSSR count). The summed E-state index contributed by atoms with van der Waals surface area (Å²) in [6.45, 7) is 3.13. The van der Waals surface area contributed by atoms with E-state index < -0.39 is 17.4 Å². The van der Waals surface area contributed by atoms with Crippen LogP contribution in [-0.4, -0.2) is 30.2 Å². The highest BCUT2D eigenvalue weighted by Gasteiger charge is 2.37. The third kappa shape index (κ3) is 5.40. The van der Waals surface area contributed by atoms with Crippen LogP contribution in [0.15, 0.2) is 84.9 Å². The van der Waals surface area contributed by atoms with E-state index in [0.717, 1.165) is 29.5 Å². The quantitative estimate of drug-likeness (QED) is 0.318. The lowest BCUT2D eigenvalue weighted by Gasteiger charge is -2.37. The molecule has 0 amide bonds. The molecule has 0 saturated heterocycles. The maximum Gasteiger partial charge on any atom is 0.320 e. The molecule has 3 aromatic carbocycles. The van der Waals surface area contributed by atoms with Gasteiger partial charge in [0.2, 0.25) is 0 Å². The fourth-order valence-corrected chi connectivity index (χ4v) is 4.17. The minimum Gasteiger partial charge on any atom is -0.480 e. The third-order valence-corrected chi connectivity index (χ3v) is 5.94. The lowest BCUT2D eigenvalue weighted by Crippen LogP contribution is -2.47. The van der Waals surface area contributed by atoms with E-state index in [1.165, 1.54) is 5.56 Å². The van der Waals surface area contributed by atoms with Crippen molar-refractivity contribution < 1.29 is 9.90 Å². The van der Waals surface area contributed by atoms with Crippen LogP contribution in [0.1, 0.15) is 41.5 Å². The minimum atomic E-state index is -0.823. The molecule has 0 spiro atoms. The summed E-state index contributed by atoms with van der Waals surface area (Å²) in [5, 5.41) is 13.2. The lowest BCUT2D eigenvalue weighted by atomic mass is 9.69. The predicted molar refractivity (Wildman–Crippen MR) is 126 cm³/mol. The highest BCUT2D eigenvalue weighted by molar-refractivity contribution is 5.73. The van der Waals surface area contributed by atoms with Crippen molar-refractivity contribution in [1.29, 1.82) is 0 Å². The first-order valence-corrected chi connectivity index (χ1v) is 10.9. The van der Waals surface area contributed by atoms with Crippen LogP contribution >= 0.6 is 0 Å². The minimum absolute atomic E-state index is 0.476. The van der Waals surface area contributed by atoms with Crippen LogP contribution in [0.2, 0.25) is 0 Å². The molecule has 0 aliphatic rings. The number of nitrogens with two attached hydrogens (primary N) is 1. The number of nitrogens with one attached hydrogen (secondary N) is 1. The molecule has 4 nitrogen and oxygen atoms in total. The number of hydrogen-bond donors (Lipinski definition) is 3. The van der Waals surface area contributed by atoms with Crippen LogP contribution < -0.4 is 11.1 Å². The molecule has 4 heteroatoms. The second-order valence-corrected chi connectivity index (χ2v) is 8.06. The van der Waals surface area contributed by atoms with Crippen LogP contribution in [0, 0.1) is 6.92 Å². The number of carboxylic acids is 1. The van der Waals surface area contributed by atoms with Crippen molar-refractivity contribution in [2.24, 2.45) is 5.73 Å². The topological polar surface area (TPSA) is 75.3 Å². The standard InChI is InChI=1S/C27H32N2O2/c1-21-15-17-24(18-16-21)27(22-10-4-2-5-11-22,23-12-6-3-7-13-23)20-29-25(26(30)31)14-8-9-19-28/h2-7,10-13,15-18,25,29H,8-9,14,19-20,28H2,1H3,(H,30,31)/t25-/m0/s1. The highest BCUT2D eigenvalue weighted by Crippen LogP contribution is 2.39. The highest BCUT2D eigenvalue weighted by atomic mass is 16.4. The van der Waals surface area contributed by atoms with Crippen molar-refractivity contribution in [3.63, 3.8) is 0 Å². The van der Waals surface area contributed by atoms with Gasteiger partial charge in [-0.25, -0.2) is 0 Å². The number of hydrogen-bond acceptors (Lipinski definition) is 3. The Bertz CT molecular complexity index is 900. The summed E-state index contributed by atoms with van der Waals surface area (Å²) in [6.07, 6.45) is 2.17. The average Bonchev–Trinajstić information content (AvgIpc) is 2.80. The molecule has 0 unspecified atom stereocenters. The maximum atomic E-state index is 12.0. The van der Waals surface area contributed by atoms with Gasteiger partial charge in [0.05, 0.1) is 5.41 Å². The van der Waals surface area contributed by atoms with E-state index in [2.05, 4.69) is 60.8 Å². The first kappa shape index (κ1) is 22.7. The Hall–Kier alpha value is -2.95. The molecule has 3 aromatic rings. The summed E-state index contributed by atoms with van der Waals surface area (Å²) in [4.78, 5) is 12.0. The van der Waals surface area contributed by atoms with Crippen LogP contribution in [0.5, 0.6) is 0 Å². The number of benzene rings is 3. The molecule has 0 aliphatic heterocycles. The largest absolute Gasteiger partial charge is 0.480 e. The molecule has 0 saturated carbocycles. The third-order valence-electron chi connectivity index (χ3n) is 5.94. The van der Waals surface area contributed by atoms with Gasteiger partial charge < -0.3 is 16.2 Å². The van der Waals surface area contributed by atoms with E-state index in [1.54, 1.807) is 0 Å². The first-order chi connectivity index (χ1) is 15.1. The Balaban J connectivity index is 2.08. The van der Waals surface area contributed by atoms with Gasteiger partial charge >= 0.3 is 5.97 Å². The Kier molecular flexibility index (Phi) is 7.99. The van der Waals surface area contributed by atoms with Gasteiger partial charge in [0.1, 0.15) is 6.04 Å². The van der Waals surface area contributed by atoms with Gasteiger partial charge in [-0.3, -0.25) is 4.79 Å². The van der Waals surface area contributed by atoms with Crippen molar-refractivity contribution >= 4 is 5.97 Å². The fraction of sp³-hybridized carbons (Fsp3) is 0.296. The molecular formula is C27H32N2O2. The second kappa shape index (κ2) is 10.9. The molecular weight excluding hydrogens is 384 g/mol. The summed E-state index contributed by atoms with van der Waals surface area (Å²) in [5.41, 5.74) is 9.67. The van der Waals surface area contributed by atoms with Crippen LogP contribution in [0.4, 0.5) is 0 Å². The normalized spacial score (nSPS) is 12.5. The first-order valence-electron chi connectivity index (χ1n) is 10.9. The maximum absolute atomic E-state index is 12.0. The number of aliphatic carboxylic acids is 1. The molecule has 4 N–H and O–H groups in total. The predicted octanol–water partition coefficient (Wildman–Crippen LogP) is 4.50. The summed E-state index contributed by atoms with van der Waals surface area (Å²) in [7, 11) is 0. The average molecular weight is 417 g/mol. The smallest absolute Gasteiger partial charge is 0.320 e. The fourth-order valence-electron chi connectivity index (χ4n) is 4.17. The van der Waals surface area contributed by atoms with E-state index in [0.29, 0.717) is 19.5 Å². The molecule has 31 heavy (non-hydrogen) atoms. The number of carbonyl (C=O) groups is 1. The monoisotopic (exact) mass is 416 g/mol. The van der Waals surface area contributed by atoms with Crippen molar-refractivity contribution in [3.8, 4) is 0 Å². The zero-order valence-corrected chi connectivity index (χ0v) is 18.1. The molecule has 0 aliphatic carbocycles. The van der Waals surface area contributed by atoms with E-state index in [1.807, 2.05) is 36.4 Å². The van der Waals surface area contributed by atoms with E-state index in [-0.39, 0.29) is 0 Å². The Morgan fingerprint density at radius 1 is 0.871 bits per heavy atom. The van der Waals surface area contributed by atoms with E-state index >= 15 is 0 Å². The van der Waals surface area contributed by atoms with Gasteiger partial charge in [-0.15, -0.1) is 0 Å². The summed E-state index contributed by atoms with van der Waals surface area (Å²) >= 11 is 0. The van der Waals surface area contributed by atoms with Crippen LogP contribution in [-0.2, 0) is 10.2 Å². The molecule has 0 heterocycles. The molecule has 0 radical (unpaired) electrons. The molecule has 0 bridgehead atoms. The van der Waals surface area contributed by atoms with Crippen LogP contribution in [0.25, 0.3) is 0 Å². The zero-order valence-electron chi connectivity index (χ0n) is 18.1. The number of rotatable bonds is 11. The zero-order chi connectivity index (χ0) is 22.1. The Morgan fingerprint density at radius 2 is 1.39 bits per heavy atom. The summed E-state index contributed by atoms with van der Waals surface area (Å²) in [5.74, 6) is -0.823. The van der Waals surface area contributed by atoms with Gasteiger partial charge in [0, 0.05) is 6.54 Å². The molecule has 0 aromatic heterocycles. The van der Waals surface area contributed by atoms with Gasteiger partial charge in [0.25, 0.3) is 0 Å². The Labute approximate surface area is 185 Å². The van der Waals surface area contributed by atoms with Gasteiger partial charge in [-0.2, -0.15) is 0 Å². The van der Waals surface area contributed by atoms with Gasteiger partial charge in [-0.05, 0) is 43.0 Å². The molecule has 1 atom stereocenters. The lowest BCUT2D eigenvalue weighted by molar-refractivity contribution is -0.139. The number of aryl methyl sites for hydroxylation is 1. The Morgan fingerprint density at radius 3 is 1.87 bits per heavy atom. The van der Waals surface area contributed by atoms with Crippen molar-refractivity contribution in [1.82, 2.24) is 5.32 Å². The SMILES string of the molecule is Cc1ccc(C(CN[C@@H](CCCCN)C(=O)O)(c2ccccc2)c2ccccc2)cc1.